The molecule has 20 nitrogen and oxygen atoms in total. The van der Waals surface area contributed by atoms with Gasteiger partial charge in [0.1, 0.15) is 11.6 Å². The number of hydrogen-bond acceptors (Lipinski definition) is 13. The van der Waals surface area contributed by atoms with Crippen molar-refractivity contribution in [2.45, 2.75) is 174 Å². The van der Waals surface area contributed by atoms with Crippen LogP contribution in [-0.2, 0) is 57.4 Å². The minimum Gasteiger partial charge on any atom is -0.464 e. The molecule has 1 aliphatic carbocycles. The van der Waals surface area contributed by atoms with Crippen LogP contribution in [0.3, 0.4) is 0 Å². The van der Waals surface area contributed by atoms with Crippen LogP contribution in [0.25, 0.3) is 0 Å². The van der Waals surface area contributed by atoms with Gasteiger partial charge in [-0.25, -0.2) is 4.79 Å². The predicted octanol–water partition coefficient (Wildman–Crippen LogP) is 4.02. The minimum atomic E-state index is -1.20. The molecule has 0 radical (unpaired) electrons. The van der Waals surface area contributed by atoms with E-state index in [9.17, 15) is 43.2 Å². The SMILES string of the molecule is CCOC(=O)[C@]1(NC(=O)C(C)C(OC)[C@@H]2CCCN2C(=O)CC(OC)C(C(C)CC)N(C)C(=O)C(NC(=O)C(C(C)C)N(C)CCCC(=O)NNC(=O)CCCCCN2C(=O)C=CC2=O)C(C)C)C[C@@H]1c1ccccc1. The van der Waals surface area contributed by atoms with Crippen molar-refractivity contribution >= 4 is 53.2 Å². The summed E-state index contributed by atoms with van der Waals surface area (Å²) < 4.78 is 17.6. The van der Waals surface area contributed by atoms with E-state index in [0.717, 1.165) is 10.5 Å². The number of hydrogen-bond donors (Lipinski definition) is 4. The molecule has 4 N–H and O–H groups in total. The maximum Gasteiger partial charge on any atom is 0.332 e. The Morgan fingerprint density at radius 3 is 2.00 bits per heavy atom. The topological polar surface area (TPSA) is 242 Å². The highest BCUT2D eigenvalue weighted by atomic mass is 16.5. The quantitative estimate of drug-likeness (QED) is 0.0356. The Bertz CT molecular complexity index is 2170. The van der Waals surface area contributed by atoms with Crippen LogP contribution in [0.2, 0.25) is 0 Å². The highest BCUT2D eigenvalue weighted by Crippen LogP contribution is 2.52. The van der Waals surface area contributed by atoms with Gasteiger partial charge in [0.2, 0.25) is 35.4 Å². The van der Waals surface area contributed by atoms with Gasteiger partial charge in [-0.05, 0) is 82.4 Å². The van der Waals surface area contributed by atoms with E-state index in [1.165, 1.54) is 26.4 Å². The summed E-state index contributed by atoms with van der Waals surface area (Å²) in [5, 5.41) is 6.09. The van der Waals surface area contributed by atoms with E-state index in [2.05, 4.69) is 21.5 Å². The fourth-order valence-corrected chi connectivity index (χ4v) is 10.9. The maximum atomic E-state index is 14.7. The summed E-state index contributed by atoms with van der Waals surface area (Å²) in [6.07, 6.45) is 5.67. The number of likely N-dealkylation sites (tertiary alicyclic amines) is 1. The lowest BCUT2D eigenvalue weighted by Gasteiger charge is -2.41. The third-order valence-corrected chi connectivity index (χ3v) is 15.5. The van der Waals surface area contributed by atoms with Crippen LogP contribution in [0.5, 0.6) is 0 Å². The summed E-state index contributed by atoms with van der Waals surface area (Å²) in [4.78, 5) is 126. The van der Waals surface area contributed by atoms with Crippen molar-refractivity contribution in [2.24, 2.45) is 23.7 Å². The van der Waals surface area contributed by atoms with E-state index >= 15 is 0 Å². The predicted molar refractivity (Wildman–Crippen MR) is 285 cm³/mol. The Hall–Kier alpha value is -5.73. The molecular formula is C56H88N8O12. The molecule has 0 spiro atoms. The van der Waals surface area contributed by atoms with Gasteiger partial charge in [0.15, 0.2) is 0 Å². The summed E-state index contributed by atoms with van der Waals surface area (Å²) in [5.74, 6) is -4.75. The number of ether oxygens (including phenoxy) is 3. The van der Waals surface area contributed by atoms with Gasteiger partial charge in [-0.15, -0.1) is 0 Å². The zero-order chi connectivity index (χ0) is 56.4. The molecule has 4 rings (SSSR count). The molecule has 1 saturated heterocycles. The lowest BCUT2D eigenvalue weighted by Crippen LogP contribution is -2.60. The summed E-state index contributed by atoms with van der Waals surface area (Å²) in [6.45, 7) is 16.3. The maximum absolute atomic E-state index is 14.7. The molecule has 0 bridgehead atoms. The van der Waals surface area contributed by atoms with Crippen molar-refractivity contribution in [1.82, 2.24) is 41.1 Å². The Morgan fingerprint density at radius 2 is 1.43 bits per heavy atom. The van der Waals surface area contributed by atoms with E-state index in [4.69, 9.17) is 14.2 Å². The number of methoxy groups -OCH3 is 2. The Morgan fingerprint density at radius 1 is 0.803 bits per heavy atom. The first-order valence-electron chi connectivity index (χ1n) is 27.4. The minimum absolute atomic E-state index is 0.0577. The molecule has 1 saturated carbocycles. The highest BCUT2D eigenvalue weighted by molar-refractivity contribution is 6.12. The molecule has 1 aromatic carbocycles. The lowest BCUT2D eigenvalue weighted by molar-refractivity contribution is -0.151. The van der Waals surface area contributed by atoms with E-state index in [1.807, 2.05) is 76.8 Å². The molecule has 10 atom stereocenters. The standard InChI is InChI=1S/C56H88N8O12/c1-13-37(7)50(42(74-11)33-47(69)63-32-21-25-41(63)51(75-12)38(8)52(70)58-56(55(73)76-14-2)34-40(56)39-23-17-15-18-24-39)62(10)54(72)48(35(3)4)57-53(71)49(36(5)6)61(9)30-22-27-44(66)60-59-43(65)26-19-16-20-31-64-45(67)28-29-46(64)68/h15,17-18,23-24,28-29,35-38,40-42,48-51H,13-14,16,19-22,25-27,30-34H2,1-12H3,(H,57,71)(H,58,70)(H,59,65)(H,60,66)/t37?,38?,40-,41+,42?,48?,49?,50?,51?,56+/m1/s1. The zero-order valence-electron chi connectivity index (χ0n) is 47.2. The van der Waals surface area contributed by atoms with E-state index in [-0.39, 0.29) is 97.4 Å². The van der Waals surface area contributed by atoms with Crippen molar-refractivity contribution in [3.8, 4) is 0 Å². The molecule has 0 aromatic heterocycles. The van der Waals surface area contributed by atoms with Crippen molar-refractivity contribution in [2.75, 3.05) is 54.6 Å². The molecule has 1 aromatic rings. The summed E-state index contributed by atoms with van der Waals surface area (Å²) in [6, 6.07) is 6.97. The second kappa shape index (κ2) is 29.7. The third-order valence-electron chi connectivity index (χ3n) is 15.5. The first kappa shape index (κ1) is 62.8. The van der Waals surface area contributed by atoms with Crippen molar-refractivity contribution in [3.05, 3.63) is 48.0 Å². The van der Waals surface area contributed by atoms with Crippen LogP contribution in [0.4, 0.5) is 0 Å². The number of likely N-dealkylation sites (N-methyl/N-ethyl adjacent to an activating group) is 2. The number of carbonyl (C=O) groups excluding carboxylic acids is 9. The van der Waals surface area contributed by atoms with Gasteiger partial charge in [0.05, 0.1) is 49.3 Å². The number of nitrogens with one attached hydrogen (secondary N) is 4. The second-order valence-electron chi connectivity index (χ2n) is 21.5. The average Bonchev–Trinajstić information content (AvgIpc) is 3.74. The van der Waals surface area contributed by atoms with Crippen LogP contribution < -0.4 is 21.5 Å². The molecule has 2 heterocycles. The smallest absolute Gasteiger partial charge is 0.332 e. The average molecular weight is 1070 g/mol. The number of rotatable bonds is 31. The number of unbranched alkanes of at least 4 members (excludes halogenated alkanes) is 2. The first-order chi connectivity index (χ1) is 36.1. The van der Waals surface area contributed by atoms with E-state index < -0.39 is 59.7 Å². The zero-order valence-corrected chi connectivity index (χ0v) is 47.2. The number of hydrazine groups is 1. The summed E-state index contributed by atoms with van der Waals surface area (Å²) in [7, 11) is 6.52. The normalized spacial score (nSPS) is 20.9. The van der Waals surface area contributed by atoms with Crippen LogP contribution in [-0.4, -0.2) is 169 Å². The Balaban J connectivity index is 1.34. The van der Waals surface area contributed by atoms with Crippen LogP contribution in [0.15, 0.2) is 42.5 Å². The molecule has 424 valence electrons. The van der Waals surface area contributed by atoms with Gasteiger partial charge in [-0.3, -0.25) is 59.0 Å². The van der Waals surface area contributed by atoms with Crippen molar-refractivity contribution in [3.63, 3.8) is 0 Å². The third kappa shape index (κ3) is 16.4. The number of carbonyl (C=O) groups is 9. The van der Waals surface area contributed by atoms with Crippen LogP contribution >= 0.6 is 0 Å². The molecule has 8 amide bonds. The number of imide groups is 1. The molecule has 3 aliphatic rings. The molecular weight excluding hydrogens is 977 g/mol. The van der Waals surface area contributed by atoms with E-state index in [0.29, 0.717) is 64.5 Å². The van der Waals surface area contributed by atoms with Crippen molar-refractivity contribution in [1.29, 1.82) is 0 Å². The lowest BCUT2D eigenvalue weighted by atomic mass is 9.89. The van der Waals surface area contributed by atoms with Crippen LogP contribution in [0.1, 0.15) is 138 Å². The summed E-state index contributed by atoms with van der Waals surface area (Å²) in [5.41, 5.74) is 4.59. The second-order valence-corrected chi connectivity index (χ2v) is 21.5. The van der Waals surface area contributed by atoms with Gasteiger partial charge in [-0.2, -0.15) is 0 Å². The monoisotopic (exact) mass is 1060 g/mol. The fraction of sp³-hybridized carbons (Fsp3) is 0.696. The number of benzene rings is 1. The van der Waals surface area contributed by atoms with Gasteiger partial charge in [0, 0.05) is 65.3 Å². The van der Waals surface area contributed by atoms with Gasteiger partial charge >= 0.3 is 5.97 Å². The molecule has 7 unspecified atom stereocenters. The fourth-order valence-electron chi connectivity index (χ4n) is 10.9. The first-order valence-corrected chi connectivity index (χ1v) is 27.4. The van der Waals surface area contributed by atoms with E-state index in [1.54, 1.807) is 37.7 Å². The van der Waals surface area contributed by atoms with Gasteiger partial charge in [0.25, 0.3) is 11.8 Å². The molecule has 2 fully saturated rings. The molecule has 20 heteroatoms. The largest absolute Gasteiger partial charge is 0.464 e. The Labute approximate surface area is 450 Å². The van der Waals surface area contributed by atoms with Gasteiger partial charge < -0.3 is 34.6 Å². The molecule has 2 aliphatic heterocycles. The Kier molecular flexibility index (Phi) is 24.5. The van der Waals surface area contributed by atoms with Gasteiger partial charge in [-0.1, -0.05) is 91.6 Å². The highest BCUT2D eigenvalue weighted by Gasteiger charge is 2.63. The molecule has 76 heavy (non-hydrogen) atoms. The summed E-state index contributed by atoms with van der Waals surface area (Å²) >= 11 is 0. The number of nitrogens with zero attached hydrogens (tertiary/aromatic N) is 4. The van der Waals surface area contributed by atoms with Crippen molar-refractivity contribution < 1.29 is 57.4 Å². The van der Waals surface area contributed by atoms with Crippen LogP contribution in [0, 0.1) is 23.7 Å². The number of amides is 8. The number of esters is 1.